The number of nitrogens with one attached hydrogen (secondary N) is 1. The molecule has 0 radical (unpaired) electrons. The van der Waals surface area contributed by atoms with Gasteiger partial charge in [-0.1, -0.05) is 48.0 Å². The van der Waals surface area contributed by atoms with Gasteiger partial charge in [0, 0.05) is 22.1 Å². The SMILES string of the molecule is CCNC1CCC(C(C)(C)CC)CC1S(=O)C(C)CC. The van der Waals surface area contributed by atoms with Crippen molar-refractivity contribution in [1.29, 1.82) is 0 Å². The molecule has 0 saturated heterocycles. The second-order valence-corrected chi connectivity index (χ2v) is 9.17. The maximum atomic E-state index is 12.8. The predicted molar refractivity (Wildman–Crippen MR) is 90.6 cm³/mol. The molecule has 3 heteroatoms. The molecule has 0 aromatic rings. The molecule has 5 atom stereocenters. The quantitative estimate of drug-likeness (QED) is 0.766. The minimum Gasteiger partial charge on any atom is -0.313 e. The average molecular weight is 302 g/mol. The van der Waals surface area contributed by atoms with Crippen molar-refractivity contribution in [1.82, 2.24) is 5.32 Å². The van der Waals surface area contributed by atoms with E-state index in [2.05, 4.69) is 46.9 Å². The Morgan fingerprint density at radius 1 is 1.25 bits per heavy atom. The Kier molecular flexibility index (Phi) is 7.20. The Labute approximate surface area is 128 Å². The lowest BCUT2D eigenvalue weighted by Gasteiger charge is -2.43. The first-order chi connectivity index (χ1) is 9.37. The van der Waals surface area contributed by atoms with Crippen LogP contribution in [0, 0.1) is 11.3 Å². The van der Waals surface area contributed by atoms with Gasteiger partial charge in [-0.25, -0.2) is 0 Å². The fraction of sp³-hybridized carbons (Fsp3) is 1.00. The molecule has 0 aromatic carbocycles. The summed E-state index contributed by atoms with van der Waals surface area (Å²) in [5.74, 6) is 0.723. The zero-order valence-electron chi connectivity index (χ0n) is 14.4. The molecule has 0 aromatic heterocycles. The zero-order valence-corrected chi connectivity index (χ0v) is 15.2. The molecule has 1 rings (SSSR count). The maximum absolute atomic E-state index is 12.8. The van der Waals surface area contributed by atoms with Crippen LogP contribution in [-0.2, 0) is 10.8 Å². The van der Waals surface area contributed by atoms with Crippen LogP contribution in [0.5, 0.6) is 0 Å². The molecule has 0 spiro atoms. The number of hydrogen-bond acceptors (Lipinski definition) is 2. The topological polar surface area (TPSA) is 29.1 Å². The monoisotopic (exact) mass is 301 g/mol. The van der Waals surface area contributed by atoms with Crippen molar-refractivity contribution in [2.24, 2.45) is 11.3 Å². The third-order valence-electron chi connectivity index (χ3n) is 5.54. The summed E-state index contributed by atoms with van der Waals surface area (Å²) in [7, 11) is -0.703. The lowest BCUT2D eigenvalue weighted by molar-refractivity contribution is 0.140. The van der Waals surface area contributed by atoms with E-state index < -0.39 is 10.8 Å². The van der Waals surface area contributed by atoms with E-state index in [4.69, 9.17) is 0 Å². The lowest BCUT2D eigenvalue weighted by atomic mass is 9.68. The van der Waals surface area contributed by atoms with Crippen molar-refractivity contribution in [3.63, 3.8) is 0 Å². The Morgan fingerprint density at radius 2 is 1.90 bits per heavy atom. The summed E-state index contributed by atoms with van der Waals surface area (Å²) in [4.78, 5) is 0. The highest BCUT2D eigenvalue weighted by Gasteiger charge is 2.40. The number of hydrogen-bond donors (Lipinski definition) is 1. The largest absolute Gasteiger partial charge is 0.313 e. The van der Waals surface area contributed by atoms with Crippen LogP contribution >= 0.6 is 0 Å². The van der Waals surface area contributed by atoms with Crippen molar-refractivity contribution >= 4 is 10.8 Å². The molecule has 20 heavy (non-hydrogen) atoms. The number of rotatable bonds is 7. The highest BCUT2D eigenvalue weighted by molar-refractivity contribution is 7.86. The highest BCUT2D eigenvalue weighted by Crippen LogP contribution is 2.42. The second kappa shape index (κ2) is 7.93. The van der Waals surface area contributed by atoms with Crippen LogP contribution in [0.2, 0.25) is 0 Å². The summed E-state index contributed by atoms with van der Waals surface area (Å²) in [6, 6.07) is 0.457. The summed E-state index contributed by atoms with van der Waals surface area (Å²) in [6.07, 6.45) is 5.84. The van der Waals surface area contributed by atoms with E-state index in [0.717, 1.165) is 25.3 Å². The van der Waals surface area contributed by atoms with E-state index in [0.29, 0.717) is 22.0 Å². The molecule has 1 fully saturated rings. The van der Waals surface area contributed by atoms with Gasteiger partial charge in [-0.2, -0.15) is 0 Å². The summed E-state index contributed by atoms with van der Waals surface area (Å²) in [5, 5.41) is 4.26. The van der Waals surface area contributed by atoms with Crippen LogP contribution in [0.25, 0.3) is 0 Å². The van der Waals surface area contributed by atoms with Crippen LogP contribution in [0.4, 0.5) is 0 Å². The molecule has 0 amide bonds. The van der Waals surface area contributed by atoms with Crippen molar-refractivity contribution in [2.45, 2.75) is 90.2 Å². The van der Waals surface area contributed by atoms with Gasteiger partial charge in [-0.05, 0) is 43.6 Å². The molecule has 1 aliphatic rings. The van der Waals surface area contributed by atoms with Gasteiger partial charge in [0.15, 0.2) is 0 Å². The highest BCUT2D eigenvalue weighted by atomic mass is 32.2. The van der Waals surface area contributed by atoms with Crippen molar-refractivity contribution < 1.29 is 4.21 Å². The normalized spacial score (nSPS) is 31.0. The standard InChI is InChI=1S/C17H35NOS/c1-7-13(4)20(19)16-12-14(17(5,6)8-2)10-11-15(16)18-9-3/h13-16,18H,7-12H2,1-6H3. The first kappa shape index (κ1) is 18.2. The minimum absolute atomic E-state index is 0.324. The second-order valence-electron chi connectivity index (χ2n) is 7.10. The maximum Gasteiger partial charge on any atom is 0.0506 e. The van der Waals surface area contributed by atoms with Gasteiger partial charge >= 0.3 is 0 Å². The molecule has 1 saturated carbocycles. The molecule has 0 bridgehead atoms. The molecule has 1 aliphatic carbocycles. The molecule has 0 heterocycles. The van der Waals surface area contributed by atoms with Gasteiger partial charge in [0.1, 0.15) is 0 Å². The van der Waals surface area contributed by atoms with Gasteiger partial charge in [-0.3, -0.25) is 4.21 Å². The van der Waals surface area contributed by atoms with Gasteiger partial charge < -0.3 is 5.32 Å². The Balaban J connectivity index is 2.84. The first-order valence-electron chi connectivity index (χ1n) is 8.50. The van der Waals surface area contributed by atoms with Gasteiger partial charge in [-0.15, -0.1) is 0 Å². The molecular weight excluding hydrogens is 266 g/mol. The van der Waals surface area contributed by atoms with Crippen LogP contribution in [0.15, 0.2) is 0 Å². The minimum atomic E-state index is -0.703. The van der Waals surface area contributed by atoms with Crippen LogP contribution < -0.4 is 5.32 Å². The van der Waals surface area contributed by atoms with Crippen molar-refractivity contribution in [3.05, 3.63) is 0 Å². The summed E-state index contributed by atoms with van der Waals surface area (Å²) >= 11 is 0. The van der Waals surface area contributed by atoms with E-state index in [-0.39, 0.29) is 0 Å². The van der Waals surface area contributed by atoms with Crippen molar-refractivity contribution in [3.8, 4) is 0 Å². The summed E-state index contributed by atoms with van der Waals surface area (Å²) in [6.45, 7) is 14.5. The van der Waals surface area contributed by atoms with E-state index in [1.54, 1.807) is 0 Å². The van der Waals surface area contributed by atoms with E-state index in [9.17, 15) is 4.21 Å². The van der Waals surface area contributed by atoms with Gasteiger partial charge in [0.25, 0.3) is 0 Å². The van der Waals surface area contributed by atoms with Gasteiger partial charge in [0.2, 0.25) is 0 Å². The van der Waals surface area contributed by atoms with E-state index in [1.807, 2.05) is 0 Å². The molecule has 120 valence electrons. The van der Waals surface area contributed by atoms with Crippen LogP contribution in [0.1, 0.15) is 73.6 Å². The smallest absolute Gasteiger partial charge is 0.0506 e. The molecule has 5 unspecified atom stereocenters. The molecular formula is C17H35NOS. The average Bonchev–Trinajstić information content (AvgIpc) is 2.46. The Bertz CT molecular complexity index is 316. The fourth-order valence-electron chi connectivity index (χ4n) is 3.34. The Hall–Kier alpha value is 0.110. The molecule has 0 aliphatic heterocycles. The predicted octanol–water partition coefficient (Wildman–Crippen LogP) is 4.12. The molecule has 2 nitrogen and oxygen atoms in total. The first-order valence-corrected chi connectivity index (χ1v) is 9.77. The third-order valence-corrected chi connectivity index (χ3v) is 7.79. The van der Waals surface area contributed by atoms with Gasteiger partial charge in [0.05, 0.1) is 5.25 Å². The van der Waals surface area contributed by atoms with E-state index >= 15 is 0 Å². The van der Waals surface area contributed by atoms with Crippen LogP contribution in [0.3, 0.4) is 0 Å². The van der Waals surface area contributed by atoms with E-state index in [1.165, 1.54) is 19.3 Å². The fourth-order valence-corrected chi connectivity index (χ4v) is 5.25. The summed E-state index contributed by atoms with van der Waals surface area (Å²) < 4.78 is 12.8. The molecule has 1 N–H and O–H groups in total. The lowest BCUT2D eigenvalue weighted by Crippen LogP contribution is -2.49. The summed E-state index contributed by atoms with van der Waals surface area (Å²) in [5.41, 5.74) is 0.384. The third kappa shape index (κ3) is 4.30. The zero-order chi connectivity index (χ0) is 15.3. The van der Waals surface area contributed by atoms with Crippen LogP contribution in [-0.4, -0.2) is 27.3 Å². The van der Waals surface area contributed by atoms with Crippen molar-refractivity contribution in [2.75, 3.05) is 6.54 Å². The Morgan fingerprint density at radius 3 is 2.40 bits per heavy atom.